The van der Waals surface area contributed by atoms with E-state index in [1.165, 1.54) is 0 Å². The minimum Gasteiger partial charge on any atom is -0.319 e. The van der Waals surface area contributed by atoms with Crippen LogP contribution in [0.5, 0.6) is 0 Å². The molecule has 4 rings (SSSR count). The van der Waals surface area contributed by atoms with Crippen LogP contribution in [-0.2, 0) is 15.6 Å². The Morgan fingerprint density at radius 2 is 1.28 bits per heavy atom. The Morgan fingerprint density at radius 3 is 1.83 bits per heavy atom. The highest BCUT2D eigenvalue weighted by Crippen LogP contribution is 2.53. The molecule has 1 aliphatic heterocycles. The second-order valence-corrected chi connectivity index (χ2v) is 14.4. The van der Waals surface area contributed by atoms with Gasteiger partial charge in [-0.25, -0.2) is 0 Å². The highest BCUT2D eigenvalue weighted by Gasteiger charge is 2.36. The third-order valence-electron chi connectivity index (χ3n) is 6.13. The van der Waals surface area contributed by atoms with Crippen LogP contribution in [0.1, 0.15) is 25.3 Å². The number of benzene rings is 3. The predicted octanol–water partition coefficient (Wildman–Crippen LogP) is 5.41. The number of rotatable bonds is 6. The van der Waals surface area contributed by atoms with Gasteiger partial charge >= 0.3 is 0 Å². The summed E-state index contributed by atoms with van der Waals surface area (Å²) in [5.74, 6) is 0. The summed E-state index contributed by atoms with van der Waals surface area (Å²) in [5, 5.41) is 2.81. The molecule has 3 aromatic rings. The lowest BCUT2D eigenvalue weighted by atomic mass is 10.1. The molecule has 1 fully saturated rings. The smallest absolute Gasteiger partial charge is 0.146 e. The van der Waals surface area contributed by atoms with Crippen LogP contribution in [0.15, 0.2) is 84.9 Å². The van der Waals surface area contributed by atoms with Gasteiger partial charge in [0.25, 0.3) is 0 Å². The molecule has 1 heterocycles. The minimum atomic E-state index is -2.84. The minimum absolute atomic E-state index is 0.0809. The first-order valence-electron chi connectivity index (χ1n) is 10.4. The molecule has 0 aliphatic carbocycles. The van der Waals surface area contributed by atoms with Gasteiger partial charge in [-0.15, -0.1) is 0 Å². The molecular formula is C25H28O2P2. The van der Waals surface area contributed by atoms with Crippen molar-refractivity contribution in [3.05, 3.63) is 90.5 Å². The largest absolute Gasteiger partial charge is 0.319 e. The molecule has 2 nitrogen and oxygen atoms in total. The van der Waals surface area contributed by atoms with E-state index in [-0.39, 0.29) is 5.66 Å². The Hall–Kier alpha value is -1.88. The van der Waals surface area contributed by atoms with Crippen LogP contribution >= 0.6 is 14.3 Å². The summed E-state index contributed by atoms with van der Waals surface area (Å²) in [6.45, 7) is 2.09. The first-order valence-corrected chi connectivity index (χ1v) is 14.3. The second-order valence-electron chi connectivity index (χ2n) is 8.05. The first-order chi connectivity index (χ1) is 14.0. The zero-order valence-electron chi connectivity index (χ0n) is 16.9. The molecule has 3 aromatic carbocycles. The van der Waals surface area contributed by atoms with Gasteiger partial charge in [-0.05, 0) is 24.8 Å². The van der Waals surface area contributed by atoms with Crippen LogP contribution in [0.25, 0.3) is 0 Å². The van der Waals surface area contributed by atoms with E-state index in [4.69, 9.17) is 0 Å². The van der Waals surface area contributed by atoms with E-state index < -0.39 is 14.3 Å². The number of hydrogen-bond donors (Lipinski definition) is 0. The van der Waals surface area contributed by atoms with Crippen LogP contribution in [0, 0.1) is 0 Å². The molecule has 1 unspecified atom stereocenters. The summed E-state index contributed by atoms with van der Waals surface area (Å²) in [5.41, 5.74) is 1.03. The van der Waals surface area contributed by atoms with Crippen LogP contribution < -0.4 is 15.9 Å². The van der Waals surface area contributed by atoms with Gasteiger partial charge in [0, 0.05) is 33.9 Å². The maximum atomic E-state index is 14.6. The van der Waals surface area contributed by atoms with Crippen molar-refractivity contribution in [2.24, 2.45) is 0 Å². The standard InChI is InChI=1S/C25H28O2P2/c1-21(20-22-12-8-9-17-25(22)28(26)18-10-11-19-28)29(27,23-13-4-2-5-14-23)24-15-6-3-7-16-24/h2-9,12-17,21H,10-11,18-20H2,1H3. The highest BCUT2D eigenvalue weighted by molar-refractivity contribution is 7.79. The van der Waals surface area contributed by atoms with E-state index in [9.17, 15) is 9.13 Å². The molecular weight excluding hydrogens is 394 g/mol. The monoisotopic (exact) mass is 422 g/mol. The van der Waals surface area contributed by atoms with Crippen molar-refractivity contribution < 1.29 is 9.13 Å². The van der Waals surface area contributed by atoms with E-state index in [2.05, 4.69) is 13.0 Å². The molecule has 0 bridgehead atoms. The lowest BCUT2D eigenvalue weighted by Crippen LogP contribution is -2.27. The maximum absolute atomic E-state index is 14.6. The summed E-state index contributed by atoms with van der Waals surface area (Å²) in [6, 6.07) is 27.8. The third-order valence-corrected chi connectivity index (χ3v) is 13.1. The Bertz CT molecular complexity index is 1010. The SMILES string of the molecule is CC(Cc1ccccc1P1(=O)CCCC1)P(=O)(c1ccccc1)c1ccccc1. The zero-order valence-corrected chi connectivity index (χ0v) is 18.7. The normalized spacial score (nSPS) is 17.1. The van der Waals surface area contributed by atoms with Gasteiger partial charge in [-0.2, -0.15) is 0 Å². The van der Waals surface area contributed by atoms with Crippen molar-refractivity contribution in [2.45, 2.75) is 31.8 Å². The van der Waals surface area contributed by atoms with Gasteiger partial charge in [0.05, 0.1) is 0 Å². The summed E-state index contributed by atoms with van der Waals surface area (Å²) in [6.07, 6.45) is 4.39. The maximum Gasteiger partial charge on any atom is 0.146 e. The molecule has 0 saturated carbocycles. The van der Waals surface area contributed by atoms with Crippen molar-refractivity contribution in [3.63, 3.8) is 0 Å². The van der Waals surface area contributed by atoms with E-state index in [1.54, 1.807) is 0 Å². The van der Waals surface area contributed by atoms with Crippen LogP contribution in [0.3, 0.4) is 0 Å². The molecule has 4 heteroatoms. The fourth-order valence-corrected chi connectivity index (χ4v) is 10.8. The molecule has 150 valence electrons. The molecule has 0 aromatic heterocycles. The molecule has 0 spiro atoms. The van der Waals surface area contributed by atoms with Crippen molar-refractivity contribution >= 4 is 30.2 Å². The van der Waals surface area contributed by atoms with Crippen LogP contribution in [-0.4, -0.2) is 18.0 Å². The third kappa shape index (κ3) is 3.94. The van der Waals surface area contributed by atoms with Gasteiger partial charge < -0.3 is 9.13 Å². The van der Waals surface area contributed by atoms with Crippen molar-refractivity contribution in [1.82, 2.24) is 0 Å². The van der Waals surface area contributed by atoms with Crippen molar-refractivity contribution in [3.8, 4) is 0 Å². The molecule has 0 amide bonds. The fraction of sp³-hybridized carbons (Fsp3) is 0.280. The summed E-state index contributed by atoms with van der Waals surface area (Å²) in [4.78, 5) is 0. The van der Waals surface area contributed by atoms with Gasteiger partial charge in [0.1, 0.15) is 14.3 Å². The molecule has 1 atom stereocenters. The molecule has 29 heavy (non-hydrogen) atoms. The fourth-order valence-electron chi connectivity index (χ4n) is 4.57. The first kappa shape index (κ1) is 20.4. The van der Waals surface area contributed by atoms with Crippen LogP contribution in [0.2, 0.25) is 0 Å². The lowest BCUT2D eigenvalue weighted by molar-refractivity contribution is 0.578. The van der Waals surface area contributed by atoms with E-state index in [0.717, 1.165) is 46.6 Å². The Kier molecular flexibility index (Phi) is 5.95. The van der Waals surface area contributed by atoms with E-state index >= 15 is 0 Å². The Balaban J connectivity index is 1.76. The molecule has 0 radical (unpaired) electrons. The molecule has 0 N–H and O–H groups in total. The lowest BCUT2D eigenvalue weighted by Gasteiger charge is -2.27. The van der Waals surface area contributed by atoms with Gasteiger partial charge in [-0.1, -0.05) is 91.9 Å². The summed E-state index contributed by atoms with van der Waals surface area (Å²) < 4.78 is 28.1. The topological polar surface area (TPSA) is 34.1 Å². The van der Waals surface area contributed by atoms with E-state index in [1.807, 2.05) is 78.9 Å². The second kappa shape index (κ2) is 8.47. The van der Waals surface area contributed by atoms with Gasteiger partial charge in [-0.3, -0.25) is 0 Å². The Morgan fingerprint density at radius 1 is 0.793 bits per heavy atom. The van der Waals surface area contributed by atoms with Gasteiger partial charge in [0.2, 0.25) is 0 Å². The molecule has 1 saturated heterocycles. The number of hydrogen-bond acceptors (Lipinski definition) is 2. The average Bonchev–Trinajstić information content (AvgIpc) is 3.22. The summed E-state index contributed by atoms with van der Waals surface area (Å²) >= 11 is 0. The molecule has 1 aliphatic rings. The summed E-state index contributed by atoms with van der Waals surface area (Å²) in [7, 11) is -5.15. The van der Waals surface area contributed by atoms with Crippen molar-refractivity contribution in [1.29, 1.82) is 0 Å². The highest BCUT2D eigenvalue weighted by atomic mass is 31.2. The predicted molar refractivity (Wildman–Crippen MR) is 126 cm³/mol. The van der Waals surface area contributed by atoms with Crippen molar-refractivity contribution in [2.75, 3.05) is 12.3 Å². The average molecular weight is 422 g/mol. The van der Waals surface area contributed by atoms with Crippen LogP contribution in [0.4, 0.5) is 0 Å². The van der Waals surface area contributed by atoms with E-state index in [0.29, 0.717) is 6.42 Å². The Labute approximate surface area is 174 Å². The van der Waals surface area contributed by atoms with Gasteiger partial charge in [0.15, 0.2) is 0 Å². The zero-order chi connectivity index (χ0) is 20.3. The quantitative estimate of drug-likeness (QED) is 0.498.